The van der Waals surface area contributed by atoms with E-state index in [4.69, 9.17) is 4.42 Å². The first kappa shape index (κ1) is 15.5. The molecular weight excluding hydrogens is 300 g/mol. The number of rotatable bonds is 3. The van der Waals surface area contributed by atoms with Gasteiger partial charge in [0.15, 0.2) is 0 Å². The van der Waals surface area contributed by atoms with Gasteiger partial charge in [0.25, 0.3) is 0 Å². The van der Waals surface area contributed by atoms with Gasteiger partial charge in [0.05, 0.1) is 12.5 Å². The predicted octanol–water partition coefficient (Wildman–Crippen LogP) is 2.55. The zero-order valence-corrected chi connectivity index (χ0v) is 14.0. The Morgan fingerprint density at radius 2 is 2.09 bits per heavy atom. The Balaban J connectivity index is 1.83. The molecule has 0 spiro atoms. The Hall–Kier alpha value is -1.43. The molecule has 2 heterocycles. The molecule has 2 aliphatic rings. The zero-order valence-electron chi connectivity index (χ0n) is 13.2. The minimum Gasteiger partial charge on any atom is -0.472 e. The fourth-order valence-corrected chi connectivity index (χ4v) is 4.06. The number of carbonyl (C=O) groups is 2. The molecule has 6 heteroatoms. The monoisotopic (exact) mass is 322 g/mol. The average Bonchev–Trinajstić information content (AvgIpc) is 2.97. The molecular formula is C16H22N2O3S. The van der Waals surface area contributed by atoms with Gasteiger partial charge in [-0.1, -0.05) is 0 Å². The van der Waals surface area contributed by atoms with Gasteiger partial charge in [0.1, 0.15) is 11.4 Å². The van der Waals surface area contributed by atoms with E-state index in [1.54, 1.807) is 29.2 Å². The number of nitrogens with one attached hydrogen (secondary N) is 1. The fraction of sp³-hybridized carbons (Fsp3) is 0.625. The summed E-state index contributed by atoms with van der Waals surface area (Å²) >= 11 is 1.63. The van der Waals surface area contributed by atoms with Crippen LogP contribution in [0.25, 0.3) is 0 Å². The van der Waals surface area contributed by atoms with E-state index in [0.29, 0.717) is 5.75 Å². The quantitative estimate of drug-likeness (QED) is 0.929. The van der Waals surface area contributed by atoms with E-state index in [1.165, 1.54) is 0 Å². The summed E-state index contributed by atoms with van der Waals surface area (Å²) < 4.78 is 5.16. The number of carbonyl (C=O) groups excluding carboxylic acids is 2. The first-order valence-electron chi connectivity index (χ1n) is 7.65. The van der Waals surface area contributed by atoms with Crippen molar-refractivity contribution in [3.63, 3.8) is 0 Å². The summed E-state index contributed by atoms with van der Waals surface area (Å²) in [6, 6.07) is 1.46. The van der Waals surface area contributed by atoms with Crippen molar-refractivity contribution in [2.75, 3.05) is 5.75 Å². The second-order valence-electron chi connectivity index (χ2n) is 7.02. The van der Waals surface area contributed by atoms with E-state index in [1.807, 2.05) is 26.8 Å². The van der Waals surface area contributed by atoms with Gasteiger partial charge in [0, 0.05) is 22.8 Å². The largest absolute Gasteiger partial charge is 0.472 e. The van der Waals surface area contributed by atoms with Gasteiger partial charge in [-0.3, -0.25) is 9.59 Å². The van der Waals surface area contributed by atoms with Gasteiger partial charge >= 0.3 is 0 Å². The predicted molar refractivity (Wildman–Crippen MR) is 85.2 cm³/mol. The number of furan rings is 1. The lowest BCUT2D eigenvalue weighted by Gasteiger charge is -2.31. The molecule has 2 fully saturated rings. The van der Waals surface area contributed by atoms with Gasteiger partial charge in [0.2, 0.25) is 11.8 Å². The normalized spacial score (nSPS) is 25.3. The summed E-state index contributed by atoms with van der Waals surface area (Å²) in [6.07, 6.45) is 5.14. The minimum atomic E-state index is -0.405. The van der Waals surface area contributed by atoms with Crippen LogP contribution in [0.3, 0.4) is 0 Å². The lowest BCUT2D eigenvalue weighted by atomic mass is 10.1. The second kappa shape index (κ2) is 5.65. The molecule has 5 nitrogen and oxygen atoms in total. The third-order valence-electron chi connectivity index (χ3n) is 3.81. The van der Waals surface area contributed by atoms with Crippen molar-refractivity contribution in [3.05, 3.63) is 24.2 Å². The lowest BCUT2D eigenvalue weighted by molar-refractivity contribution is -0.141. The third kappa shape index (κ3) is 3.16. The molecule has 0 radical (unpaired) electrons. The van der Waals surface area contributed by atoms with Gasteiger partial charge in [-0.2, -0.15) is 0 Å². The van der Waals surface area contributed by atoms with Gasteiger partial charge in [-0.05, 0) is 39.7 Å². The molecule has 120 valence electrons. The van der Waals surface area contributed by atoms with Crippen LogP contribution in [-0.4, -0.2) is 34.0 Å². The highest BCUT2D eigenvalue weighted by Gasteiger charge is 2.47. The molecule has 1 saturated heterocycles. The van der Waals surface area contributed by atoms with Crippen LogP contribution in [0, 0.1) is 5.92 Å². The Morgan fingerprint density at radius 3 is 2.64 bits per heavy atom. The SMILES string of the molecule is CC(C)(C)NC(=O)C1CSC(c2ccoc2)N1C(=O)C1CC1. The highest BCUT2D eigenvalue weighted by molar-refractivity contribution is 7.99. The summed E-state index contributed by atoms with van der Waals surface area (Å²) in [5.74, 6) is 0.749. The minimum absolute atomic E-state index is 0.0694. The van der Waals surface area contributed by atoms with Crippen molar-refractivity contribution in [3.8, 4) is 0 Å². The molecule has 1 aliphatic carbocycles. The third-order valence-corrected chi connectivity index (χ3v) is 5.13. The highest BCUT2D eigenvalue weighted by atomic mass is 32.2. The van der Waals surface area contributed by atoms with E-state index in [2.05, 4.69) is 5.32 Å². The molecule has 2 amide bonds. The molecule has 1 aromatic rings. The Labute approximate surface area is 134 Å². The zero-order chi connectivity index (χ0) is 15.9. The van der Waals surface area contributed by atoms with Gasteiger partial charge in [-0.15, -0.1) is 11.8 Å². The molecule has 1 aliphatic heterocycles. The topological polar surface area (TPSA) is 62.6 Å². The van der Waals surface area contributed by atoms with E-state index in [-0.39, 0.29) is 28.6 Å². The number of hydrogen-bond acceptors (Lipinski definition) is 4. The van der Waals surface area contributed by atoms with Crippen LogP contribution in [0.4, 0.5) is 0 Å². The summed E-state index contributed by atoms with van der Waals surface area (Å²) in [5.41, 5.74) is 0.647. The summed E-state index contributed by atoms with van der Waals surface area (Å²) in [7, 11) is 0. The highest BCUT2D eigenvalue weighted by Crippen LogP contribution is 2.45. The summed E-state index contributed by atoms with van der Waals surface area (Å²) in [5, 5.41) is 2.88. The van der Waals surface area contributed by atoms with Crippen LogP contribution >= 0.6 is 11.8 Å². The van der Waals surface area contributed by atoms with Crippen molar-refractivity contribution < 1.29 is 14.0 Å². The van der Waals surface area contributed by atoms with Crippen molar-refractivity contribution in [2.24, 2.45) is 5.92 Å². The number of hydrogen-bond donors (Lipinski definition) is 1. The van der Waals surface area contributed by atoms with E-state index in [9.17, 15) is 9.59 Å². The molecule has 3 rings (SSSR count). The van der Waals surface area contributed by atoms with Crippen LogP contribution in [0.1, 0.15) is 44.6 Å². The van der Waals surface area contributed by atoms with Crippen molar-refractivity contribution in [1.29, 1.82) is 0 Å². The smallest absolute Gasteiger partial charge is 0.244 e. The van der Waals surface area contributed by atoms with Crippen LogP contribution in [0.2, 0.25) is 0 Å². The van der Waals surface area contributed by atoms with Gasteiger partial charge < -0.3 is 14.6 Å². The number of nitrogens with zero attached hydrogens (tertiary/aromatic N) is 1. The number of amides is 2. The molecule has 1 N–H and O–H groups in total. The van der Waals surface area contributed by atoms with Crippen LogP contribution < -0.4 is 5.32 Å². The van der Waals surface area contributed by atoms with Crippen LogP contribution in [-0.2, 0) is 9.59 Å². The van der Waals surface area contributed by atoms with E-state index in [0.717, 1.165) is 18.4 Å². The first-order chi connectivity index (χ1) is 10.4. The molecule has 1 saturated carbocycles. The van der Waals surface area contributed by atoms with Gasteiger partial charge in [-0.25, -0.2) is 0 Å². The maximum absolute atomic E-state index is 12.7. The molecule has 0 aromatic carbocycles. The Kier molecular flexibility index (Phi) is 3.97. The first-order valence-corrected chi connectivity index (χ1v) is 8.69. The van der Waals surface area contributed by atoms with Crippen LogP contribution in [0.15, 0.2) is 23.0 Å². The molecule has 2 unspecified atom stereocenters. The molecule has 0 bridgehead atoms. The Bertz CT molecular complexity index is 560. The van der Waals surface area contributed by atoms with E-state index < -0.39 is 6.04 Å². The van der Waals surface area contributed by atoms with Crippen molar-refractivity contribution in [1.82, 2.24) is 10.2 Å². The van der Waals surface area contributed by atoms with Crippen LogP contribution in [0.5, 0.6) is 0 Å². The number of thioether (sulfide) groups is 1. The molecule has 1 aromatic heterocycles. The summed E-state index contributed by atoms with van der Waals surface area (Å²) in [6.45, 7) is 5.86. The standard InChI is InChI=1S/C16H22N2O3S/c1-16(2,3)17-13(19)12-9-22-15(11-6-7-21-8-11)18(12)14(20)10-4-5-10/h6-8,10,12,15H,4-5,9H2,1-3H3,(H,17,19). The molecule has 22 heavy (non-hydrogen) atoms. The summed E-state index contributed by atoms with van der Waals surface area (Å²) in [4.78, 5) is 27.1. The lowest BCUT2D eigenvalue weighted by Crippen LogP contribution is -2.53. The maximum Gasteiger partial charge on any atom is 0.244 e. The maximum atomic E-state index is 12.7. The fourth-order valence-electron chi connectivity index (χ4n) is 2.64. The average molecular weight is 322 g/mol. The Morgan fingerprint density at radius 1 is 1.36 bits per heavy atom. The van der Waals surface area contributed by atoms with Crippen molar-refractivity contribution in [2.45, 2.75) is 50.6 Å². The molecule has 2 atom stereocenters. The van der Waals surface area contributed by atoms with E-state index >= 15 is 0 Å². The van der Waals surface area contributed by atoms with Crippen molar-refractivity contribution >= 4 is 23.6 Å². The second-order valence-corrected chi connectivity index (χ2v) is 8.13.